The number of nitrogen functional groups attached to an aromatic ring is 1. The number of nitrogens with two attached hydrogens (primary N) is 1. The highest BCUT2D eigenvalue weighted by Crippen LogP contribution is 2.28. The molecule has 3 aromatic rings. The van der Waals surface area contributed by atoms with Crippen molar-refractivity contribution < 1.29 is 5.11 Å². The van der Waals surface area contributed by atoms with Gasteiger partial charge in [-0.15, -0.1) is 0 Å². The smallest absolute Gasteiger partial charge is 0.163 e. The summed E-state index contributed by atoms with van der Waals surface area (Å²) in [5.74, 6) is 0.460. The lowest BCUT2D eigenvalue weighted by atomic mass is 10.1. The molecule has 0 fully saturated rings. The molecule has 0 amide bonds. The Balaban J connectivity index is 0.000000637. The summed E-state index contributed by atoms with van der Waals surface area (Å²) in [5.41, 5.74) is 8.48. The Hall–Kier alpha value is -2.47. The van der Waals surface area contributed by atoms with Gasteiger partial charge in [0, 0.05) is 19.7 Å². The predicted octanol–water partition coefficient (Wildman–Crippen LogP) is 1.22. The largest absolute Gasteiger partial charge is 0.400 e. The van der Waals surface area contributed by atoms with Gasteiger partial charge < -0.3 is 10.8 Å². The third kappa shape index (κ3) is 2.25. The van der Waals surface area contributed by atoms with Crippen LogP contribution in [0, 0.1) is 0 Å². The van der Waals surface area contributed by atoms with Gasteiger partial charge in [-0.25, -0.2) is 14.6 Å². The first-order valence-electron chi connectivity index (χ1n) is 5.70. The molecular formula is C13H15N5O. The molecule has 0 atom stereocenters. The maximum atomic E-state index is 7.00. The number of aromatic nitrogens is 4. The topological polar surface area (TPSA) is 89.8 Å². The molecule has 1 aromatic carbocycles. The van der Waals surface area contributed by atoms with E-state index in [0.717, 1.165) is 29.4 Å². The van der Waals surface area contributed by atoms with Crippen molar-refractivity contribution in [3.63, 3.8) is 0 Å². The van der Waals surface area contributed by atoms with Crippen molar-refractivity contribution in [2.75, 3.05) is 12.8 Å². The average Bonchev–Trinajstić information content (AvgIpc) is 2.81. The van der Waals surface area contributed by atoms with Crippen LogP contribution in [0.2, 0.25) is 0 Å². The van der Waals surface area contributed by atoms with E-state index in [4.69, 9.17) is 10.8 Å². The second-order valence-corrected chi connectivity index (χ2v) is 3.80. The number of benzene rings is 1. The van der Waals surface area contributed by atoms with E-state index in [1.165, 1.54) is 6.33 Å². The first kappa shape index (κ1) is 13.0. The fraction of sp³-hybridized carbons (Fsp3) is 0.154. The molecule has 0 bridgehead atoms. The lowest BCUT2D eigenvalue weighted by Crippen LogP contribution is -1.95. The van der Waals surface area contributed by atoms with E-state index in [0.29, 0.717) is 5.82 Å². The number of fused-ring (bicyclic) bond motifs is 1. The third-order valence-electron chi connectivity index (χ3n) is 2.70. The number of anilines is 1. The van der Waals surface area contributed by atoms with E-state index in [9.17, 15) is 0 Å². The zero-order valence-corrected chi connectivity index (χ0v) is 10.8. The lowest BCUT2D eigenvalue weighted by molar-refractivity contribution is 0.399. The van der Waals surface area contributed by atoms with Gasteiger partial charge in [-0.2, -0.15) is 5.10 Å². The van der Waals surface area contributed by atoms with Gasteiger partial charge in [0.25, 0.3) is 0 Å². The SMILES string of the molecule is CO.Cn1nc(-c2ccccc2)c2c(N)ncnc21. The van der Waals surface area contributed by atoms with Crippen molar-refractivity contribution in [3.05, 3.63) is 36.7 Å². The monoisotopic (exact) mass is 257 g/mol. The van der Waals surface area contributed by atoms with E-state index < -0.39 is 0 Å². The molecule has 6 nitrogen and oxygen atoms in total. The second kappa shape index (κ2) is 5.45. The molecule has 3 rings (SSSR count). The second-order valence-electron chi connectivity index (χ2n) is 3.80. The van der Waals surface area contributed by atoms with Gasteiger partial charge in [-0.3, -0.25) is 0 Å². The summed E-state index contributed by atoms with van der Waals surface area (Å²) in [4.78, 5) is 8.22. The Morgan fingerprint density at radius 3 is 2.47 bits per heavy atom. The minimum absolute atomic E-state index is 0.460. The summed E-state index contributed by atoms with van der Waals surface area (Å²) in [6, 6.07) is 9.89. The first-order valence-corrected chi connectivity index (χ1v) is 5.70. The summed E-state index contributed by atoms with van der Waals surface area (Å²) < 4.78 is 1.72. The van der Waals surface area contributed by atoms with Crippen LogP contribution in [0.4, 0.5) is 5.82 Å². The highest BCUT2D eigenvalue weighted by molar-refractivity contribution is 5.98. The number of nitrogens with zero attached hydrogens (tertiary/aromatic N) is 4. The van der Waals surface area contributed by atoms with Gasteiger partial charge in [0.15, 0.2) is 5.65 Å². The van der Waals surface area contributed by atoms with Crippen molar-refractivity contribution in [1.82, 2.24) is 19.7 Å². The van der Waals surface area contributed by atoms with Crippen LogP contribution in [0.3, 0.4) is 0 Å². The zero-order chi connectivity index (χ0) is 13.8. The Morgan fingerprint density at radius 2 is 1.79 bits per heavy atom. The van der Waals surface area contributed by atoms with E-state index >= 15 is 0 Å². The Kier molecular flexibility index (Phi) is 3.72. The van der Waals surface area contributed by atoms with Crippen LogP contribution in [0.5, 0.6) is 0 Å². The first-order chi connectivity index (χ1) is 9.27. The standard InChI is InChI=1S/C12H11N5.CH4O/c1-17-12-9(11(13)14-7-15-12)10(16-17)8-5-3-2-4-6-8;1-2/h2-7H,1H3,(H2,13,14,15);2H,1H3. The normalized spacial score (nSPS) is 10.1. The molecule has 19 heavy (non-hydrogen) atoms. The number of aliphatic hydroxyl groups is 1. The van der Waals surface area contributed by atoms with E-state index in [2.05, 4.69) is 15.1 Å². The van der Waals surface area contributed by atoms with Crippen molar-refractivity contribution in [3.8, 4) is 11.3 Å². The van der Waals surface area contributed by atoms with Crippen molar-refractivity contribution in [2.24, 2.45) is 7.05 Å². The van der Waals surface area contributed by atoms with Gasteiger partial charge in [-0.1, -0.05) is 30.3 Å². The van der Waals surface area contributed by atoms with Crippen LogP contribution in [0.1, 0.15) is 0 Å². The molecule has 0 aliphatic rings. The highest BCUT2D eigenvalue weighted by atomic mass is 16.2. The molecule has 0 aliphatic carbocycles. The minimum atomic E-state index is 0.460. The van der Waals surface area contributed by atoms with Crippen LogP contribution in [-0.2, 0) is 7.05 Å². The summed E-state index contributed by atoms with van der Waals surface area (Å²) >= 11 is 0. The molecule has 0 saturated carbocycles. The molecule has 0 aliphatic heterocycles. The van der Waals surface area contributed by atoms with Gasteiger partial charge in [0.1, 0.15) is 17.8 Å². The fourth-order valence-electron chi connectivity index (χ4n) is 1.91. The summed E-state index contributed by atoms with van der Waals surface area (Å²) in [6.07, 6.45) is 1.45. The van der Waals surface area contributed by atoms with Crippen molar-refractivity contribution in [1.29, 1.82) is 0 Å². The molecule has 98 valence electrons. The predicted molar refractivity (Wildman–Crippen MR) is 74.3 cm³/mol. The summed E-state index contributed by atoms with van der Waals surface area (Å²) in [7, 11) is 2.85. The van der Waals surface area contributed by atoms with Crippen LogP contribution >= 0.6 is 0 Å². The summed E-state index contributed by atoms with van der Waals surface area (Å²) in [5, 5.41) is 12.3. The van der Waals surface area contributed by atoms with Crippen LogP contribution < -0.4 is 5.73 Å². The molecule has 0 spiro atoms. The van der Waals surface area contributed by atoms with E-state index in [1.54, 1.807) is 4.68 Å². The molecule has 0 saturated heterocycles. The molecule has 2 aromatic heterocycles. The molecular weight excluding hydrogens is 242 g/mol. The molecule has 0 unspecified atom stereocenters. The summed E-state index contributed by atoms with van der Waals surface area (Å²) in [6.45, 7) is 0. The average molecular weight is 257 g/mol. The Morgan fingerprint density at radius 1 is 1.11 bits per heavy atom. The number of hydrogen-bond donors (Lipinski definition) is 2. The number of aryl methyl sites for hydroxylation is 1. The number of hydrogen-bond acceptors (Lipinski definition) is 5. The van der Waals surface area contributed by atoms with Crippen molar-refractivity contribution in [2.45, 2.75) is 0 Å². The third-order valence-corrected chi connectivity index (χ3v) is 2.70. The molecule has 0 radical (unpaired) electrons. The highest BCUT2D eigenvalue weighted by Gasteiger charge is 2.14. The minimum Gasteiger partial charge on any atom is -0.400 e. The van der Waals surface area contributed by atoms with Gasteiger partial charge in [-0.05, 0) is 0 Å². The quantitative estimate of drug-likeness (QED) is 0.684. The number of aliphatic hydroxyl groups excluding tert-OH is 1. The van der Waals surface area contributed by atoms with Gasteiger partial charge >= 0.3 is 0 Å². The Labute approximate surface area is 110 Å². The van der Waals surface area contributed by atoms with Gasteiger partial charge in [0.2, 0.25) is 0 Å². The van der Waals surface area contributed by atoms with Crippen molar-refractivity contribution >= 4 is 16.9 Å². The number of rotatable bonds is 1. The van der Waals surface area contributed by atoms with Crippen LogP contribution in [0.25, 0.3) is 22.3 Å². The van der Waals surface area contributed by atoms with Gasteiger partial charge in [0.05, 0.1) is 5.39 Å². The fourth-order valence-corrected chi connectivity index (χ4v) is 1.91. The van der Waals surface area contributed by atoms with E-state index in [-0.39, 0.29) is 0 Å². The molecule has 3 N–H and O–H groups in total. The maximum absolute atomic E-state index is 7.00. The lowest BCUT2D eigenvalue weighted by Gasteiger charge is -1.98. The van der Waals surface area contributed by atoms with Crippen LogP contribution in [-0.4, -0.2) is 32.0 Å². The molecule has 6 heteroatoms. The maximum Gasteiger partial charge on any atom is 0.163 e. The van der Waals surface area contributed by atoms with E-state index in [1.807, 2.05) is 37.4 Å². The molecule has 2 heterocycles. The zero-order valence-electron chi connectivity index (χ0n) is 10.8. The Bertz CT molecular complexity index is 678. The van der Waals surface area contributed by atoms with Crippen LogP contribution in [0.15, 0.2) is 36.7 Å².